The van der Waals surface area contributed by atoms with Gasteiger partial charge in [0.15, 0.2) is 0 Å². The Morgan fingerprint density at radius 2 is 2.25 bits per heavy atom. The average molecular weight is 337 g/mol. The topological polar surface area (TPSA) is 82.4 Å². The molecule has 1 atom stereocenters. The van der Waals surface area contributed by atoms with E-state index >= 15 is 0 Å². The second-order valence-corrected chi connectivity index (χ2v) is 7.00. The monoisotopic (exact) mass is 337 g/mol. The lowest BCUT2D eigenvalue weighted by molar-refractivity contribution is 0.0917. The first-order chi connectivity index (χ1) is 11.5. The molecule has 0 unspecified atom stereocenters. The van der Waals surface area contributed by atoms with E-state index in [-0.39, 0.29) is 18.7 Å². The minimum Gasteiger partial charge on any atom is -0.395 e. The number of carbonyl (C=O) groups excluding carboxylic acids is 1. The largest absolute Gasteiger partial charge is 0.395 e. The number of aliphatic hydroxyl groups is 1. The Morgan fingerprint density at radius 3 is 2.96 bits per heavy atom. The molecular formula is C17H31N5O2. The van der Waals surface area contributed by atoms with Crippen molar-refractivity contribution in [3.63, 3.8) is 0 Å². The normalized spacial score (nSPS) is 18.8. The van der Waals surface area contributed by atoms with Gasteiger partial charge in [0.1, 0.15) is 5.82 Å². The molecular weight excluding hydrogens is 306 g/mol. The summed E-state index contributed by atoms with van der Waals surface area (Å²) in [6, 6.07) is 1.91. The second-order valence-electron chi connectivity index (χ2n) is 7.00. The minimum atomic E-state index is -0.211. The Morgan fingerprint density at radius 1 is 1.46 bits per heavy atom. The third-order valence-corrected chi connectivity index (χ3v) is 4.33. The minimum absolute atomic E-state index is 0.194. The maximum Gasteiger partial charge on any atom is 0.320 e. The molecule has 24 heavy (non-hydrogen) atoms. The summed E-state index contributed by atoms with van der Waals surface area (Å²) in [5.74, 6) is 1.19. The van der Waals surface area contributed by atoms with Crippen molar-refractivity contribution in [1.29, 1.82) is 0 Å². The van der Waals surface area contributed by atoms with Crippen LogP contribution in [0.5, 0.6) is 0 Å². The lowest BCUT2D eigenvalue weighted by Crippen LogP contribution is -2.46. The number of aromatic nitrogens is 2. The van der Waals surface area contributed by atoms with Crippen LogP contribution in [-0.2, 0) is 6.54 Å². The predicted molar refractivity (Wildman–Crippen MR) is 95.1 cm³/mol. The van der Waals surface area contributed by atoms with Crippen LogP contribution in [0.1, 0.15) is 38.8 Å². The van der Waals surface area contributed by atoms with E-state index in [4.69, 9.17) is 0 Å². The highest BCUT2D eigenvalue weighted by Gasteiger charge is 2.21. The van der Waals surface area contributed by atoms with Crippen molar-refractivity contribution in [1.82, 2.24) is 20.0 Å². The lowest BCUT2D eigenvalue weighted by atomic mass is 10.0. The van der Waals surface area contributed by atoms with Gasteiger partial charge in [-0.1, -0.05) is 20.3 Å². The third kappa shape index (κ3) is 5.49. The number of urea groups is 1. The van der Waals surface area contributed by atoms with Crippen LogP contribution in [0.2, 0.25) is 0 Å². The fraction of sp³-hybridized carbons (Fsp3) is 0.765. The van der Waals surface area contributed by atoms with Gasteiger partial charge in [0.25, 0.3) is 0 Å². The molecule has 1 aromatic heterocycles. The zero-order valence-electron chi connectivity index (χ0n) is 15.1. The zero-order chi connectivity index (χ0) is 17.5. The van der Waals surface area contributed by atoms with Crippen LogP contribution in [0.25, 0.3) is 0 Å². The third-order valence-electron chi connectivity index (χ3n) is 4.33. The first-order valence-electron chi connectivity index (χ1n) is 8.93. The second kappa shape index (κ2) is 9.03. The van der Waals surface area contributed by atoms with Crippen LogP contribution in [0, 0.1) is 12.8 Å². The van der Waals surface area contributed by atoms with Crippen molar-refractivity contribution in [2.45, 2.75) is 52.6 Å². The van der Waals surface area contributed by atoms with E-state index in [1.54, 1.807) is 0 Å². The van der Waals surface area contributed by atoms with E-state index in [1.165, 1.54) is 6.42 Å². The Balaban J connectivity index is 1.79. The number of hydrogen-bond donors (Lipinski definition) is 3. The Kier molecular flexibility index (Phi) is 7.05. The number of likely N-dealkylation sites (tertiary alicyclic amines) is 1. The molecule has 0 aromatic carbocycles. The van der Waals surface area contributed by atoms with Crippen LogP contribution < -0.4 is 10.6 Å². The van der Waals surface area contributed by atoms with Gasteiger partial charge in [0, 0.05) is 31.7 Å². The van der Waals surface area contributed by atoms with Gasteiger partial charge >= 0.3 is 6.03 Å². The van der Waals surface area contributed by atoms with E-state index < -0.39 is 0 Å². The molecule has 7 heteroatoms. The van der Waals surface area contributed by atoms with Crippen molar-refractivity contribution in [3.05, 3.63) is 11.8 Å². The van der Waals surface area contributed by atoms with Gasteiger partial charge in [-0.2, -0.15) is 5.10 Å². The molecule has 2 rings (SSSR count). The molecule has 1 fully saturated rings. The number of nitrogens with zero attached hydrogens (tertiary/aromatic N) is 3. The van der Waals surface area contributed by atoms with Gasteiger partial charge in [0.05, 0.1) is 12.3 Å². The molecule has 0 radical (unpaired) electrons. The summed E-state index contributed by atoms with van der Waals surface area (Å²) in [6.07, 6.45) is 3.38. The number of rotatable bonds is 7. The van der Waals surface area contributed by atoms with Gasteiger partial charge < -0.3 is 10.4 Å². The van der Waals surface area contributed by atoms with Crippen LogP contribution in [0.15, 0.2) is 6.07 Å². The Bertz CT molecular complexity index is 529. The van der Waals surface area contributed by atoms with E-state index in [2.05, 4.69) is 34.5 Å². The molecule has 0 saturated carbocycles. The van der Waals surface area contributed by atoms with Crippen LogP contribution in [0.3, 0.4) is 0 Å². The SMILES string of the molecule is Cc1cc(NC(=O)NCCN2CCCC[C@H]2CO)n(CC(C)C)n1. The Labute approximate surface area is 144 Å². The molecule has 0 spiro atoms. The quantitative estimate of drug-likeness (QED) is 0.709. The summed E-state index contributed by atoms with van der Waals surface area (Å²) in [7, 11) is 0. The number of piperidine rings is 1. The number of nitrogens with one attached hydrogen (secondary N) is 2. The first kappa shape index (κ1) is 18.7. The van der Waals surface area contributed by atoms with E-state index in [0.29, 0.717) is 12.5 Å². The van der Waals surface area contributed by atoms with Gasteiger partial charge in [-0.15, -0.1) is 0 Å². The van der Waals surface area contributed by atoms with E-state index in [9.17, 15) is 9.90 Å². The Hall–Kier alpha value is -1.60. The van der Waals surface area contributed by atoms with Crippen molar-refractivity contribution in [2.24, 2.45) is 5.92 Å². The maximum absolute atomic E-state index is 12.1. The highest BCUT2D eigenvalue weighted by Crippen LogP contribution is 2.16. The highest BCUT2D eigenvalue weighted by atomic mass is 16.3. The average Bonchev–Trinajstić information content (AvgIpc) is 2.86. The fourth-order valence-electron chi connectivity index (χ4n) is 3.17. The molecule has 0 aliphatic carbocycles. The zero-order valence-corrected chi connectivity index (χ0v) is 15.1. The number of aliphatic hydroxyl groups excluding tert-OH is 1. The molecule has 2 amide bonds. The van der Waals surface area contributed by atoms with Crippen molar-refractivity contribution < 1.29 is 9.90 Å². The molecule has 1 aromatic rings. The predicted octanol–water partition coefficient (Wildman–Crippen LogP) is 1.82. The van der Waals surface area contributed by atoms with Crippen LogP contribution in [0.4, 0.5) is 10.6 Å². The summed E-state index contributed by atoms with van der Waals surface area (Å²) >= 11 is 0. The van der Waals surface area contributed by atoms with E-state index in [0.717, 1.165) is 44.0 Å². The smallest absolute Gasteiger partial charge is 0.320 e. The molecule has 0 bridgehead atoms. The van der Waals surface area contributed by atoms with Gasteiger partial charge in [-0.3, -0.25) is 10.2 Å². The standard InChI is InChI=1S/C17H31N5O2/c1-13(2)11-22-16(10-14(3)20-22)19-17(24)18-7-9-21-8-5-4-6-15(21)12-23/h10,13,15,23H,4-9,11-12H2,1-3H3,(H2,18,19,24)/t15-/m0/s1. The number of amides is 2. The summed E-state index contributed by atoms with van der Waals surface area (Å²) in [5.41, 5.74) is 0.894. The first-order valence-corrected chi connectivity index (χ1v) is 8.93. The van der Waals surface area contributed by atoms with Crippen LogP contribution >= 0.6 is 0 Å². The molecule has 7 nitrogen and oxygen atoms in total. The summed E-state index contributed by atoms with van der Waals surface area (Å²) in [4.78, 5) is 14.4. The maximum atomic E-state index is 12.1. The molecule has 1 saturated heterocycles. The highest BCUT2D eigenvalue weighted by molar-refractivity contribution is 5.88. The van der Waals surface area contributed by atoms with Gasteiger partial charge in [0.2, 0.25) is 0 Å². The molecule has 3 N–H and O–H groups in total. The molecule has 136 valence electrons. The van der Waals surface area contributed by atoms with Gasteiger partial charge in [-0.25, -0.2) is 9.48 Å². The summed E-state index contributed by atoms with van der Waals surface area (Å²) in [5, 5.41) is 19.6. The van der Waals surface area contributed by atoms with E-state index in [1.807, 2.05) is 17.7 Å². The van der Waals surface area contributed by atoms with Gasteiger partial charge in [-0.05, 0) is 32.2 Å². The molecule has 1 aliphatic rings. The summed E-state index contributed by atoms with van der Waals surface area (Å²) in [6.45, 7) is 9.46. The summed E-state index contributed by atoms with van der Waals surface area (Å²) < 4.78 is 1.84. The molecule has 1 aliphatic heterocycles. The number of anilines is 1. The van der Waals surface area contributed by atoms with Crippen LogP contribution in [-0.4, -0.2) is 58.1 Å². The fourth-order valence-corrected chi connectivity index (χ4v) is 3.17. The molecule has 2 heterocycles. The lowest BCUT2D eigenvalue weighted by Gasteiger charge is -2.34. The number of hydrogen-bond acceptors (Lipinski definition) is 4. The van der Waals surface area contributed by atoms with Crippen molar-refractivity contribution in [3.8, 4) is 0 Å². The number of aryl methyl sites for hydroxylation is 1. The van der Waals surface area contributed by atoms with Crippen molar-refractivity contribution >= 4 is 11.8 Å². The van der Waals surface area contributed by atoms with Crippen molar-refractivity contribution in [2.75, 3.05) is 31.6 Å². The number of carbonyl (C=O) groups is 1.